The first-order chi connectivity index (χ1) is 13.5. The predicted molar refractivity (Wildman–Crippen MR) is 111 cm³/mol. The van der Waals surface area contributed by atoms with Crippen molar-refractivity contribution in [3.8, 4) is 0 Å². The van der Waals surface area contributed by atoms with Crippen LogP contribution in [0.15, 0.2) is 24.3 Å². The van der Waals surface area contributed by atoms with E-state index in [2.05, 4.69) is 34.2 Å². The van der Waals surface area contributed by atoms with Crippen molar-refractivity contribution in [3.05, 3.63) is 35.4 Å². The van der Waals surface area contributed by atoms with Crippen molar-refractivity contribution in [1.82, 2.24) is 20.0 Å². The number of carbonyl (C=O) groups excluding carboxylic acids is 2. The molecule has 1 unspecified atom stereocenters. The summed E-state index contributed by atoms with van der Waals surface area (Å²) in [5, 5.41) is 3.12. The van der Waals surface area contributed by atoms with Gasteiger partial charge in [0, 0.05) is 39.3 Å². The number of carbonyl (C=O) groups is 2. The zero-order valence-corrected chi connectivity index (χ0v) is 17.3. The number of rotatable bonds is 6. The highest BCUT2D eigenvalue weighted by Gasteiger charge is 2.24. The molecular formula is C22H34N4O2. The summed E-state index contributed by atoms with van der Waals surface area (Å²) in [6, 6.07) is 8.18. The minimum absolute atomic E-state index is 0.0113. The highest BCUT2D eigenvalue weighted by Crippen LogP contribution is 2.16. The molecule has 28 heavy (non-hydrogen) atoms. The smallest absolute Gasteiger partial charge is 0.236 e. The summed E-state index contributed by atoms with van der Waals surface area (Å²) < 4.78 is 0. The number of piperazine rings is 1. The van der Waals surface area contributed by atoms with Gasteiger partial charge in [0.2, 0.25) is 11.8 Å². The molecule has 2 aliphatic heterocycles. The maximum absolute atomic E-state index is 12.4. The maximum Gasteiger partial charge on any atom is 0.236 e. The fourth-order valence-corrected chi connectivity index (χ4v) is 4.18. The minimum Gasteiger partial charge on any atom is -0.348 e. The molecule has 0 saturated carbocycles. The largest absolute Gasteiger partial charge is 0.348 e. The van der Waals surface area contributed by atoms with Gasteiger partial charge in [0.1, 0.15) is 0 Å². The van der Waals surface area contributed by atoms with E-state index in [1.54, 1.807) is 0 Å². The number of hydrogen-bond donors (Lipinski definition) is 1. The SMILES string of the molecule is Cc1ccccc1C(C)NC(=O)CN1CCN(CC(=O)N2CCCCC2)CC1. The second-order valence-electron chi connectivity index (χ2n) is 8.14. The molecule has 154 valence electrons. The first kappa shape index (κ1) is 20.8. The van der Waals surface area contributed by atoms with Crippen LogP contribution >= 0.6 is 0 Å². The van der Waals surface area contributed by atoms with Crippen LogP contribution in [-0.4, -0.2) is 78.9 Å². The van der Waals surface area contributed by atoms with Crippen molar-refractivity contribution in [1.29, 1.82) is 0 Å². The topological polar surface area (TPSA) is 55.9 Å². The van der Waals surface area contributed by atoms with Crippen molar-refractivity contribution in [2.45, 2.75) is 39.2 Å². The predicted octanol–water partition coefficient (Wildman–Crippen LogP) is 1.80. The summed E-state index contributed by atoms with van der Waals surface area (Å²) in [7, 11) is 0. The Bertz CT molecular complexity index is 664. The zero-order valence-electron chi connectivity index (χ0n) is 17.3. The molecule has 0 bridgehead atoms. The molecule has 0 spiro atoms. The molecule has 6 nitrogen and oxygen atoms in total. The second-order valence-corrected chi connectivity index (χ2v) is 8.14. The van der Waals surface area contributed by atoms with E-state index in [0.29, 0.717) is 13.1 Å². The lowest BCUT2D eigenvalue weighted by atomic mass is 10.0. The third kappa shape index (κ3) is 5.79. The van der Waals surface area contributed by atoms with Gasteiger partial charge in [-0.05, 0) is 44.2 Å². The Kier molecular flexibility index (Phi) is 7.45. The monoisotopic (exact) mass is 386 g/mol. The lowest BCUT2D eigenvalue weighted by Gasteiger charge is -2.35. The molecule has 0 radical (unpaired) electrons. The summed E-state index contributed by atoms with van der Waals surface area (Å²) in [5.41, 5.74) is 2.36. The quantitative estimate of drug-likeness (QED) is 0.810. The molecule has 2 heterocycles. The fraction of sp³-hybridized carbons (Fsp3) is 0.636. The highest BCUT2D eigenvalue weighted by molar-refractivity contribution is 5.79. The number of nitrogens with zero attached hydrogens (tertiary/aromatic N) is 3. The maximum atomic E-state index is 12.4. The first-order valence-electron chi connectivity index (χ1n) is 10.6. The summed E-state index contributed by atoms with van der Waals surface area (Å²) in [5.74, 6) is 0.326. The van der Waals surface area contributed by atoms with Gasteiger partial charge >= 0.3 is 0 Å². The van der Waals surface area contributed by atoms with Crippen molar-refractivity contribution >= 4 is 11.8 Å². The average molecular weight is 387 g/mol. The average Bonchev–Trinajstić information content (AvgIpc) is 2.70. The van der Waals surface area contributed by atoms with Crippen LogP contribution in [0.5, 0.6) is 0 Å². The van der Waals surface area contributed by atoms with Crippen LogP contribution in [0, 0.1) is 6.92 Å². The summed E-state index contributed by atoms with van der Waals surface area (Å²) in [6.45, 7) is 10.2. The number of amides is 2. The van der Waals surface area contributed by atoms with Gasteiger partial charge in [0.15, 0.2) is 0 Å². The number of nitrogens with one attached hydrogen (secondary N) is 1. The van der Waals surface area contributed by atoms with E-state index in [9.17, 15) is 9.59 Å². The summed E-state index contributed by atoms with van der Waals surface area (Å²) >= 11 is 0. The van der Waals surface area contributed by atoms with E-state index in [4.69, 9.17) is 0 Å². The Morgan fingerprint density at radius 1 is 0.929 bits per heavy atom. The molecule has 0 aliphatic carbocycles. The Balaban J connectivity index is 1.38. The molecule has 2 saturated heterocycles. The van der Waals surface area contributed by atoms with Crippen molar-refractivity contribution in [2.75, 3.05) is 52.4 Å². The van der Waals surface area contributed by atoms with E-state index in [0.717, 1.165) is 57.7 Å². The van der Waals surface area contributed by atoms with Crippen molar-refractivity contribution < 1.29 is 9.59 Å². The van der Waals surface area contributed by atoms with Crippen LogP contribution in [0.2, 0.25) is 0 Å². The summed E-state index contributed by atoms with van der Waals surface area (Å²) in [6.07, 6.45) is 3.51. The molecule has 2 amide bonds. The van der Waals surface area contributed by atoms with Gasteiger partial charge in [-0.15, -0.1) is 0 Å². The minimum atomic E-state index is 0.0113. The van der Waals surface area contributed by atoms with Gasteiger partial charge in [-0.25, -0.2) is 0 Å². The Labute approximate surface area is 168 Å². The number of piperidine rings is 1. The van der Waals surface area contributed by atoms with E-state index in [1.807, 2.05) is 24.0 Å². The van der Waals surface area contributed by atoms with E-state index >= 15 is 0 Å². The zero-order chi connectivity index (χ0) is 19.9. The number of likely N-dealkylation sites (tertiary alicyclic amines) is 1. The van der Waals surface area contributed by atoms with Crippen LogP contribution in [-0.2, 0) is 9.59 Å². The lowest BCUT2D eigenvalue weighted by Crippen LogP contribution is -2.52. The van der Waals surface area contributed by atoms with Crippen LogP contribution in [0.25, 0.3) is 0 Å². The molecule has 1 aromatic rings. The normalized spacial score (nSPS) is 20.0. The van der Waals surface area contributed by atoms with Crippen LogP contribution in [0.3, 0.4) is 0 Å². The number of aryl methyl sites for hydroxylation is 1. The van der Waals surface area contributed by atoms with Crippen molar-refractivity contribution in [2.24, 2.45) is 0 Å². The van der Waals surface area contributed by atoms with E-state index in [-0.39, 0.29) is 17.9 Å². The van der Waals surface area contributed by atoms with Crippen molar-refractivity contribution in [3.63, 3.8) is 0 Å². The van der Waals surface area contributed by atoms with E-state index < -0.39 is 0 Å². The Morgan fingerprint density at radius 3 is 2.18 bits per heavy atom. The number of hydrogen-bond acceptors (Lipinski definition) is 4. The van der Waals surface area contributed by atoms with Gasteiger partial charge < -0.3 is 10.2 Å². The van der Waals surface area contributed by atoms with Crippen LogP contribution in [0.4, 0.5) is 0 Å². The molecule has 1 aromatic carbocycles. The fourth-order valence-electron chi connectivity index (χ4n) is 4.18. The third-order valence-corrected chi connectivity index (χ3v) is 5.93. The van der Waals surface area contributed by atoms with Gasteiger partial charge in [-0.3, -0.25) is 19.4 Å². The molecule has 6 heteroatoms. The van der Waals surface area contributed by atoms with Gasteiger partial charge in [0.05, 0.1) is 19.1 Å². The molecule has 3 rings (SSSR count). The summed E-state index contributed by atoms with van der Waals surface area (Å²) in [4.78, 5) is 31.3. The molecular weight excluding hydrogens is 352 g/mol. The first-order valence-corrected chi connectivity index (χ1v) is 10.6. The Hall–Kier alpha value is -1.92. The molecule has 0 aromatic heterocycles. The third-order valence-electron chi connectivity index (χ3n) is 5.93. The standard InChI is InChI=1S/C22H34N4O2/c1-18-8-4-5-9-20(18)19(2)23-21(27)16-24-12-14-25(15-13-24)17-22(28)26-10-6-3-7-11-26/h4-5,8-9,19H,3,6-7,10-17H2,1-2H3,(H,23,27). The van der Waals surface area contributed by atoms with Crippen LogP contribution < -0.4 is 5.32 Å². The number of benzene rings is 1. The van der Waals surface area contributed by atoms with Gasteiger partial charge in [-0.2, -0.15) is 0 Å². The lowest BCUT2D eigenvalue weighted by molar-refractivity contribution is -0.134. The second kappa shape index (κ2) is 10.0. The van der Waals surface area contributed by atoms with Gasteiger partial charge in [-0.1, -0.05) is 24.3 Å². The molecule has 1 N–H and O–H groups in total. The highest BCUT2D eigenvalue weighted by atomic mass is 16.2. The van der Waals surface area contributed by atoms with E-state index in [1.165, 1.54) is 12.0 Å². The van der Waals surface area contributed by atoms with Gasteiger partial charge in [0.25, 0.3) is 0 Å². The Morgan fingerprint density at radius 2 is 1.54 bits per heavy atom. The van der Waals surface area contributed by atoms with Crippen LogP contribution in [0.1, 0.15) is 43.4 Å². The molecule has 2 aliphatic rings. The molecule has 2 fully saturated rings. The molecule has 1 atom stereocenters.